The predicted molar refractivity (Wildman–Crippen MR) is 164 cm³/mol. The molecule has 0 aliphatic carbocycles. The highest BCUT2D eigenvalue weighted by molar-refractivity contribution is 6.68. The molecule has 0 saturated carbocycles. The molecule has 2 heterocycles. The molecule has 3 nitrogen and oxygen atoms in total. The molecule has 2 aliphatic rings. The Morgan fingerprint density at radius 3 is 1.38 bits per heavy atom. The van der Waals surface area contributed by atoms with Gasteiger partial charge in [0.15, 0.2) is 0 Å². The standard InChI is InChI=1S/C36H24BNO2/c1-3-11-27(12-4-1)38(28-13-5-2-6-14-28)29-21-19-25(20-22-29)26-23-32-30-15-7-9-17-34(30)39-37-36(32)33(24-26)31-16-8-10-18-35(31)40-37/h1-24H. The van der Waals surface area contributed by atoms with Crippen molar-refractivity contribution in [2.75, 3.05) is 4.90 Å². The maximum atomic E-state index is 6.34. The molecule has 188 valence electrons. The van der Waals surface area contributed by atoms with Crippen LogP contribution in [0.4, 0.5) is 17.1 Å². The van der Waals surface area contributed by atoms with Gasteiger partial charge >= 0.3 is 7.12 Å². The van der Waals surface area contributed by atoms with E-state index in [-0.39, 0.29) is 0 Å². The highest BCUT2D eigenvalue weighted by Gasteiger charge is 2.41. The van der Waals surface area contributed by atoms with E-state index >= 15 is 0 Å². The number of hydrogen-bond acceptors (Lipinski definition) is 3. The molecule has 0 aromatic heterocycles. The molecular weight excluding hydrogens is 489 g/mol. The van der Waals surface area contributed by atoms with Crippen LogP contribution in [0.25, 0.3) is 33.4 Å². The Kier molecular flexibility index (Phi) is 5.24. The molecule has 0 bridgehead atoms. The predicted octanol–water partition coefficient (Wildman–Crippen LogP) is 8.64. The summed E-state index contributed by atoms with van der Waals surface area (Å²) < 4.78 is 12.7. The summed E-state index contributed by atoms with van der Waals surface area (Å²) in [7, 11) is -0.462. The van der Waals surface area contributed by atoms with Crippen LogP contribution in [-0.2, 0) is 0 Å². The SMILES string of the molecule is c1ccc(N(c2ccccc2)c2ccc(-c3cc4c5c(c3)-c3ccccc3OB5Oc3ccccc3-4)cc2)cc1. The van der Waals surface area contributed by atoms with Gasteiger partial charge in [0, 0.05) is 33.7 Å². The van der Waals surface area contributed by atoms with Crippen molar-refractivity contribution < 1.29 is 9.31 Å². The molecule has 0 N–H and O–H groups in total. The lowest BCUT2D eigenvalue weighted by atomic mass is 9.65. The lowest BCUT2D eigenvalue weighted by Crippen LogP contribution is -2.49. The molecule has 0 saturated heterocycles. The van der Waals surface area contributed by atoms with E-state index in [9.17, 15) is 0 Å². The summed E-state index contributed by atoms with van der Waals surface area (Å²) >= 11 is 0. The molecule has 8 rings (SSSR count). The number of para-hydroxylation sites is 4. The number of rotatable bonds is 4. The van der Waals surface area contributed by atoms with E-state index in [1.54, 1.807) is 0 Å². The third kappa shape index (κ3) is 3.69. The molecule has 0 atom stereocenters. The normalized spacial score (nSPS) is 12.3. The average molecular weight is 513 g/mol. The highest BCUT2D eigenvalue weighted by atomic mass is 16.6. The van der Waals surface area contributed by atoms with Gasteiger partial charge in [-0.3, -0.25) is 0 Å². The Labute approximate surface area is 234 Å². The van der Waals surface area contributed by atoms with Gasteiger partial charge in [-0.15, -0.1) is 0 Å². The van der Waals surface area contributed by atoms with E-state index in [1.165, 1.54) is 5.56 Å². The van der Waals surface area contributed by atoms with Crippen molar-refractivity contribution in [3.63, 3.8) is 0 Å². The second kappa shape index (κ2) is 9.21. The van der Waals surface area contributed by atoms with Crippen LogP contribution >= 0.6 is 0 Å². The topological polar surface area (TPSA) is 21.7 Å². The second-order valence-electron chi connectivity index (χ2n) is 10.1. The van der Waals surface area contributed by atoms with Crippen LogP contribution in [0.1, 0.15) is 0 Å². The molecule has 4 heteroatoms. The summed E-state index contributed by atoms with van der Waals surface area (Å²) in [4.78, 5) is 2.28. The van der Waals surface area contributed by atoms with Gasteiger partial charge in [0.05, 0.1) is 0 Å². The molecular formula is C36H24BNO2. The van der Waals surface area contributed by atoms with E-state index < -0.39 is 7.12 Å². The summed E-state index contributed by atoms with van der Waals surface area (Å²) in [5.74, 6) is 1.69. The number of nitrogens with zero attached hydrogens (tertiary/aromatic N) is 1. The first-order valence-corrected chi connectivity index (χ1v) is 13.5. The van der Waals surface area contributed by atoms with E-state index in [4.69, 9.17) is 9.31 Å². The van der Waals surface area contributed by atoms with Crippen molar-refractivity contribution in [3.05, 3.63) is 146 Å². The van der Waals surface area contributed by atoms with Crippen molar-refractivity contribution >= 4 is 29.6 Å². The lowest BCUT2D eigenvalue weighted by Gasteiger charge is -2.32. The number of fused-ring (bicyclic) bond motifs is 4. The second-order valence-corrected chi connectivity index (χ2v) is 10.1. The lowest BCUT2D eigenvalue weighted by molar-refractivity contribution is 0.436. The Morgan fingerprint density at radius 1 is 0.400 bits per heavy atom. The highest BCUT2D eigenvalue weighted by Crippen LogP contribution is 2.44. The first kappa shape index (κ1) is 22.7. The molecule has 40 heavy (non-hydrogen) atoms. The summed E-state index contributed by atoms with van der Waals surface area (Å²) in [6.45, 7) is 0. The largest absolute Gasteiger partial charge is 0.633 e. The van der Waals surface area contributed by atoms with Crippen LogP contribution in [0, 0.1) is 0 Å². The summed E-state index contributed by atoms with van der Waals surface area (Å²) in [5.41, 5.74) is 11.3. The van der Waals surface area contributed by atoms with Gasteiger partial charge in [-0.05, 0) is 82.9 Å². The van der Waals surface area contributed by atoms with Crippen molar-refractivity contribution in [1.29, 1.82) is 0 Å². The fourth-order valence-corrected chi connectivity index (χ4v) is 5.88. The Hall–Kier alpha value is -5.22. The van der Waals surface area contributed by atoms with Crippen molar-refractivity contribution in [2.45, 2.75) is 0 Å². The number of benzene rings is 6. The van der Waals surface area contributed by atoms with Gasteiger partial charge in [0.2, 0.25) is 0 Å². The van der Waals surface area contributed by atoms with E-state index in [1.807, 2.05) is 24.3 Å². The Balaban J connectivity index is 1.27. The van der Waals surface area contributed by atoms with E-state index in [2.05, 4.69) is 126 Å². The smallest absolute Gasteiger partial charge is 0.521 e. The van der Waals surface area contributed by atoms with Gasteiger partial charge in [-0.1, -0.05) is 84.9 Å². The molecule has 0 radical (unpaired) electrons. The van der Waals surface area contributed by atoms with E-state index in [0.717, 1.165) is 61.8 Å². The van der Waals surface area contributed by atoms with Crippen molar-refractivity contribution in [1.82, 2.24) is 0 Å². The minimum atomic E-state index is -0.462. The maximum absolute atomic E-state index is 6.34. The molecule has 2 aliphatic heterocycles. The molecule has 0 amide bonds. The van der Waals surface area contributed by atoms with Crippen LogP contribution in [0.3, 0.4) is 0 Å². The van der Waals surface area contributed by atoms with Crippen LogP contribution in [0.2, 0.25) is 0 Å². The first-order valence-electron chi connectivity index (χ1n) is 13.5. The van der Waals surface area contributed by atoms with E-state index in [0.29, 0.717) is 0 Å². The van der Waals surface area contributed by atoms with Crippen LogP contribution in [0.15, 0.2) is 146 Å². The molecule has 6 aromatic carbocycles. The molecule has 6 aromatic rings. The summed E-state index contributed by atoms with van der Waals surface area (Å²) in [6, 6.07) is 50.9. The van der Waals surface area contributed by atoms with Gasteiger partial charge in [-0.2, -0.15) is 0 Å². The summed E-state index contributed by atoms with van der Waals surface area (Å²) in [6.07, 6.45) is 0. The first-order chi connectivity index (χ1) is 19.8. The third-order valence-electron chi connectivity index (χ3n) is 7.73. The van der Waals surface area contributed by atoms with Gasteiger partial charge in [0.1, 0.15) is 11.5 Å². The zero-order valence-electron chi connectivity index (χ0n) is 21.7. The quantitative estimate of drug-likeness (QED) is 0.220. The minimum Gasteiger partial charge on any atom is -0.521 e. The Morgan fingerprint density at radius 2 is 0.850 bits per heavy atom. The minimum absolute atomic E-state index is 0.462. The zero-order valence-corrected chi connectivity index (χ0v) is 21.7. The Bertz CT molecular complexity index is 1740. The van der Waals surface area contributed by atoms with Gasteiger partial charge in [-0.25, -0.2) is 0 Å². The fourth-order valence-electron chi connectivity index (χ4n) is 5.88. The van der Waals surface area contributed by atoms with Crippen LogP contribution in [-0.4, -0.2) is 7.12 Å². The maximum Gasteiger partial charge on any atom is 0.633 e. The van der Waals surface area contributed by atoms with Crippen LogP contribution in [0.5, 0.6) is 11.5 Å². The number of anilines is 3. The van der Waals surface area contributed by atoms with Crippen molar-refractivity contribution in [3.8, 4) is 44.9 Å². The molecule has 0 fully saturated rings. The summed E-state index contributed by atoms with van der Waals surface area (Å²) in [5, 5.41) is 0. The fraction of sp³-hybridized carbons (Fsp3) is 0. The number of hydrogen-bond donors (Lipinski definition) is 0. The zero-order chi connectivity index (χ0) is 26.5. The molecule has 0 unspecified atom stereocenters. The van der Waals surface area contributed by atoms with Gasteiger partial charge < -0.3 is 14.2 Å². The van der Waals surface area contributed by atoms with Gasteiger partial charge in [0.25, 0.3) is 0 Å². The van der Waals surface area contributed by atoms with Crippen molar-refractivity contribution in [2.24, 2.45) is 0 Å². The third-order valence-corrected chi connectivity index (χ3v) is 7.73. The molecule has 0 spiro atoms. The monoisotopic (exact) mass is 513 g/mol. The van der Waals surface area contributed by atoms with Crippen LogP contribution < -0.4 is 19.7 Å². The average Bonchev–Trinajstić information content (AvgIpc) is 3.02.